The average Bonchev–Trinajstić information content (AvgIpc) is 3.08. The molecule has 1 aliphatic rings. The van der Waals surface area contributed by atoms with Crippen LogP contribution in [0.1, 0.15) is 31.0 Å². The zero-order valence-corrected chi connectivity index (χ0v) is 14.9. The maximum atomic E-state index is 13.0. The van der Waals surface area contributed by atoms with Gasteiger partial charge in [-0.3, -0.25) is 9.36 Å². The number of hydrogen-bond acceptors (Lipinski definition) is 6. The second kappa shape index (κ2) is 6.31. The van der Waals surface area contributed by atoms with Gasteiger partial charge in [0, 0.05) is 6.42 Å². The molecule has 0 radical (unpaired) electrons. The van der Waals surface area contributed by atoms with Gasteiger partial charge in [-0.2, -0.15) is 0 Å². The minimum atomic E-state index is -0.774. The van der Waals surface area contributed by atoms with Crippen molar-refractivity contribution in [3.05, 3.63) is 63.8 Å². The van der Waals surface area contributed by atoms with Crippen molar-refractivity contribution in [2.24, 2.45) is 0 Å². The number of hydrogen-bond donors (Lipinski definition) is 1. The number of fused-ring (bicyclic) bond motifs is 1. The Balaban J connectivity index is 1.72. The fourth-order valence-corrected chi connectivity index (χ4v) is 3.12. The van der Waals surface area contributed by atoms with E-state index in [0.717, 1.165) is 5.56 Å². The predicted octanol–water partition coefficient (Wildman–Crippen LogP) is 2.60. The first-order chi connectivity index (χ1) is 12.8. The van der Waals surface area contributed by atoms with Crippen LogP contribution in [-0.4, -0.2) is 26.2 Å². The van der Waals surface area contributed by atoms with Crippen molar-refractivity contribution in [3.8, 4) is 17.3 Å². The Morgan fingerprint density at radius 3 is 2.78 bits per heavy atom. The van der Waals surface area contributed by atoms with E-state index in [-0.39, 0.29) is 17.4 Å². The summed E-state index contributed by atoms with van der Waals surface area (Å²) in [5, 5.41) is 10.3. The van der Waals surface area contributed by atoms with E-state index in [2.05, 4.69) is 9.97 Å². The molecule has 0 saturated heterocycles. The molecule has 0 atom stereocenters. The monoisotopic (exact) mass is 371 g/mol. The van der Waals surface area contributed by atoms with Gasteiger partial charge in [0.15, 0.2) is 5.69 Å². The van der Waals surface area contributed by atoms with Crippen LogP contribution in [0.3, 0.4) is 0 Å². The molecule has 1 aliphatic heterocycles. The lowest BCUT2D eigenvalue weighted by Crippen LogP contribution is -2.41. The molecule has 27 heavy (non-hydrogen) atoms. The van der Waals surface area contributed by atoms with Crippen LogP contribution in [0.5, 0.6) is 5.75 Å². The maximum absolute atomic E-state index is 13.0. The highest BCUT2D eigenvalue weighted by Gasteiger charge is 2.34. The zero-order valence-electron chi connectivity index (χ0n) is 14.9. The summed E-state index contributed by atoms with van der Waals surface area (Å²) >= 11 is 0. The van der Waals surface area contributed by atoms with E-state index in [0.29, 0.717) is 31.2 Å². The summed E-state index contributed by atoms with van der Waals surface area (Å²) in [4.78, 5) is 21.1. The van der Waals surface area contributed by atoms with E-state index in [9.17, 15) is 14.3 Å². The molecule has 0 spiro atoms. The zero-order chi connectivity index (χ0) is 19.2. The van der Waals surface area contributed by atoms with E-state index in [1.54, 1.807) is 26.0 Å². The molecule has 0 fully saturated rings. The van der Waals surface area contributed by atoms with Crippen LogP contribution < -0.4 is 5.56 Å². The Hall–Kier alpha value is -3.00. The first-order valence-electron chi connectivity index (χ1n) is 8.53. The molecule has 4 rings (SSSR count). The molecule has 1 aromatic carbocycles. The minimum absolute atomic E-state index is 0.0184. The number of aromatic nitrogens is 3. The lowest BCUT2D eigenvalue weighted by Gasteiger charge is -2.32. The summed E-state index contributed by atoms with van der Waals surface area (Å²) in [5.74, 6) is 0.139. The molecule has 7 nitrogen and oxygen atoms in total. The maximum Gasteiger partial charge on any atom is 0.296 e. The van der Waals surface area contributed by atoms with Crippen LogP contribution in [0.4, 0.5) is 4.39 Å². The third-order valence-electron chi connectivity index (χ3n) is 4.51. The van der Waals surface area contributed by atoms with Crippen molar-refractivity contribution in [2.45, 2.75) is 32.4 Å². The summed E-state index contributed by atoms with van der Waals surface area (Å²) < 4.78 is 25.8. The molecule has 140 valence electrons. The Bertz CT molecular complexity index is 1050. The highest BCUT2D eigenvalue weighted by molar-refractivity contribution is 5.56. The third kappa shape index (κ3) is 3.12. The molecule has 0 saturated carbocycles. The molecule has 0 amide bonds. The second-order valence-corrected chi connectivity index (χ2v) is 6.88. The SMILES string of the molecule is CC1(C)OCCn2c1nc(-c1ncc(Cc3ccc(F)cc3)o1)c(O)c2=O. The summed E-state index contributed by atoms with van der Waals surface area (Å²) in [6.07, 6.45) is 1.89. The molecule has 0 aliphatic carbocycles. The standard InChI is InChI=1S/C19H18FN3O4/c1-19(2)18-22-14(15(24)17(25)23(18)7-8-26-19)16-21-10-13(27-16)9-11-3-5-12(20)6-4-11/h3-6,10,24H,7-9H2,1-2H3. The van der Waals surface area contributed by atoms with Crippen LogP contribution in [0.15, 0.2) is 39.7 Å². The van der Waals surface area contributed by atoms with Crippen molar-refractivity contribution in [1.29, 1.82) is 0 Å². The molecule has 3 aromatic rings. The number of benzene rings is 1. The number of ether oxygens (including phenoxy) is 1. The smallest absolute Gasteiger partial charge is 0.296 e. The van der Waals surface area contributed by atoms with Gasteiger partial charge in [-0.05, 0) is 31.5 Å². The van der Waals surface area contributed by atoms with Gasteiger partial charge in [0.25, 0.3) is 5.56 Å². The molecule has 1 N–H and O–H groups in total. The van der Waals surface area contributed by atoms with Gasteiger partial charge >= 0.3 is 0 Å². The van der Waals surface area contributed by atoms with Gasteiger partial charge < -0.3 is 14.3 Å². The third-order valence-corrected chi connectivity index (χ3v) is 4.51. The fourth-order valence-electron chi connectivity index (χ4n) is 3.12. The van der Waals surface area contributed by atoms with E-state index in [1.165, 1.54) is 22.9 Å². The molecule has 3 heterocycles. The number of halogens is 1. The normalized spacial score (nSPS) is 15.5. The summed E-state index contributed by atoms with van der Waals surface area (Å²) in [6.45, 7) is 4.29. The molecule has 2 aromatic heterocycles. The highest BCUT2D eigenvalue weighted by atomic mass is 19.1. The predicted molar refractivity (Wildman–Crippen MR) is 93.8 cm³/mol. The van der Waals surface area contributed by atoms with E-state index >= 15 is 0 Å². The van der Waals surface area contributed by atoms with Crippen molar-refractivity contribution in [3.63, 3.8) is 0 Å². The number of aromatic hydroxyl groups is 1. The Morgan fingerprint density at radius 1 is 1.30 bits per heavy atom. The number of rotatable bonds is 3. The number of nitrogens with zero attached hydrogens (tertiary/aromatic N) is 3. The van der Waals surface area contributed by atoms with Gasteiger partial charge in [-0.1, -0.05) is 12.1 Å². The molecular weight excluding hydrogens is 353 g/mol. The highest BCUT2D eigenvalue weighted by Crippen LogP contribution is 2.31. The van der Waals surface area contributed by atoms with Gasteiger partial charge in [0.05, 0.1) is 19.3 Å². The Kier molecular flexibility index (Phi) is 4.07. The van der Waals surface area contributed by atoms with Crippen molar-refractivity contribution in [2.75, 3.05) is 6.61 Å². The molecular formula is C19H18FN3O4. The molecule has 0 bridgehead atoms. The quantitative estimate of drug-likeness (QED) is 0.761. The molecule has 0 unspecified atom stereocenters. The van der Waals surface area contributed by atoms with Gasteiger partial charge in [0.2, 0.25) is 11.6 Å². The van der Waals surface area contributed by atoms with Gasteiger partial charge in [0.1, 0.15) is 23.0 Å². The van der Waals surface area contributed by atoms with Crippen LogP contribution in [0.25, 0.3) is 11.6 Å². The summed E-state index contributed by atoms with van der Waals surface area (Å²) in [7, 11) is 0. The van der Waals surface area contributed by atoms with Crippen LogP contribution >= 0.6 is 0 Å². The lowest BCUT2D eigenvalue weighted by atomic mass is 10.1. The van der Waals surface area contributed by atoms with E-state index < -0.39 is 16.9 Å². The van der Waals surface area contributed by atoms with Crippen molar-refractivity contribution < 1.29 is 18.7 Å². The van der Waals surface area contributed by atoms with E-state index in [4.69, 9.17) is 9.15 Å². The largest absolute Gasteiger partial charge is 0.501 e. The first-order valence-corrected chi connectivity index (χ1v) is 8.53. The molecule has 8 heteroatoms. The van der Waals surface area contributed by atoms with Gasteiger partial charge in [-0.25, -0.2) is 14.4 Å². The van der Waals surface area contributed by atoms with Gasteiger partial charge in [-0.15, -0.1) is 0 Å². The van der Waals surface area contributed by atoms with E-state index in [1.807, 2.05) is 0 Å². The average molecular weight is 371 g/mol. The minimum Gasteiger partial charge on any atom is -0.501 e. The summed E-state index contributed by atoms with van der Waals surface area (Å²) in [5.41, 5.74) is -0.500. The van der Waals surface area contributed by atoms with Crippen LogP contribution in [0, 0.1) is 5.82 Å². The fraction of sp³-hybridized carbons (Fsp3) is 0.316. The lowest BCUT2D eigenvalue weighted by molar-refractivity contribution is -0.0564. The number of oxazole rings is 1. The van der Waals surface area contributed by atoms with Crippen molar-refractivity contribution in [1.82, 2.24) is 14.5 Å². The van der Waals surface area contributed by atoms with Crippen LogP contribution in [-0.2, 0) is 23.3 Å². The first kappa shape index (κ1) is 17.4. The Morgan fingerprint density at radius 2 is 2.04 bits per heavy atom. The van der Waals surface area contributed by atoms with Crippen molar-refractivity contribution >= 4 is 0 Å². The topological polar surface area (TPSA) is 90.4 Å². The van der Waals surface area contributed by atoms with Crippen LogP contribution in [0.2, 0.25) is 0 Å². The Labute approximate surface area is 154 Å². The summed E-state index contributed by atoms with van der Waals surface area (Å²) in [6, 6.07) is 6.04. The second-order valence-electron chi connectivity index (χ2n) is 6.88.